The second kappa shape index (κ2) is 10.5. The Kier molecular flexibility index (Phi) is 7.30. The molecule has 0 unspecified atom stereocenters. The molecule has 1 amide bonds. The van der Waals surface area contributed by atoms with Gasteiger partial charge in [-0.1, -0.05) is 50.5 Å². The molecule has 0 aliphatic heterocycles. The van der Waals surface area contributed by atoms with Crippen molar-refractivity contribution in [1.82, 2.24) is 20.1 Å². The van der Waals surface area contributed by atoms with E-state index in [9.17, 15) is 9.59 Å². The quantitative estimate of drug-likeness (QED) is 0.570. The lowest BCUT2D eigenvalue weighted by atomic mass is 9.79. The van der Waals surface area contributed by atoms with Gasteiger partial charge in [0, 0.05) is 23.7 Å². The lowest BCUT2D eigenvalue weighted by Gasteiger charge is -2.27. The maximum Gasteiger partial charge on any atom is 0.274 e. The summed E-state index contributed by atoms with van der Waals surface area (Å²) in [7, 11) is 0. The van der Waals surface area contributed by atoms with Gasteiger partial charge in [0.05, 0.1) is 24.2 Å². The minimum absolute atomic E-state index is 0.0837. The number of pyridine rings is 1. The van der Waals surface area contributed by atoms with Gasteiger partial charge in [0.1, 0.15) is 0 Å². The summed E-state index contributed by atoms with van der Waals surface area (Å²) in [5, 5.41) is 9.13. The number of rotatable bonds is 8. The molecule has 1 N–H and O–H groups in total. The van der Waals surface area contributed by atoms with E-state index in [0.717, 1.165) is 42.6 Å². The summed E-state index contributed by atoms with van der Waals surface area (Å²) < 4.78 is 1.47. The largest absolute Gasteiger partial charge is 0.350 e. The highest BCUT2D eigenvalue weighted by atomic mass is 16.2. The van der Waals surface area contributed by atoms with Crippen LogP contribution in [0.3, 0.4) is 0 Å². The van der Waals surface area contributed by atoms with Crippen molar-refractivity contribution in [1.29, 1.82) is 0 Å². The number of unbranched alkanes of at least 4 members (excludes halogenated alkanes) is 1. The maximum absolute atomic E-state index is 13.0. The molecule has 6 nitrogen and oxygen atoms in total. The first-order valence-corrected chi connectivity index (χ1v) is 11.8. The molecular formula is C26H32N4O2. The van der Waals surface area contributed by atoms with Gasteiger partial charge in [-0.15, -0.1) is 0 Å². The number of hydrogen-bond donors (Lipinski definition) is 1. The molecule has 2 heterocycles. The number of hydrogen-bond acceptors (Lipinski definition) is 4. The van der Waals surface area contributed by atoms with Crippen LogP contribution in [0.15, 0.2) is 53.6 Å². The van der Waals surface area contributed by atoms with Gasteiger partial charge in [-0.25, -0.2) is 4.68 Å². The van der Waals surface area contributed by atoms with E-state index >= 15 is 0 Å². The fourth-order valence-electron chi connectivity index (χ4n) is 4.73. The van der Waals surface area contributed by atoms with Crippen molar-refractivity contribution in [3.63, 3.8) is 0 Å². The summed E-state index contributed by atoms with van der Waals surface area (Å²) in [6.45, 7) is 2.90. The SMILES string of the molecule is CCCCC1CCC(C(=O)NCc2nn(Cc3cccnc3)c(=O)c3ccccc23)CC1. The lowest BCUT2D eigenvalue weighted by molar-refractivity contribution is -0.126. The van der Waals surface area contributed by atoms with Crippen molar-refractivity contribution in [2.75, 3.05) is 0 Å². The van der Waals surface area contributed by atoms with Gasteiger partial charge in [-0.3, -0.25) is 14.6 Å². The topological polar surface area (TPSA) is 76.9 Å². The Morgan fingerprint density at radius 1 is 1.09 bits per heavy atom. The maximum atomic E-state index is 13.0. The summed E-state index contributed by atoms with van der Waals surface area (Å²) in [6, 6.07) is 11.3. The van der Waals surface area contributed by atoms with E-state index in [0.29, 0.717) is 24.2 Å². The van der Waals surface area contributed by atoms with Crippen LogP contribution in [0.5, 0.6) is 0 Å². The Labute approximate surface area is 189 Å². The van der Waals surface area contributed by atoms with Gasteiger partial charge in [0.2, 0.25) is 5.91 Å². The second-order valence-corrected chi connectivity index (χ2v) is 8.89. The molecule has 3 aromatic rings. The van der Waals surface area contributed by atoms with Crippen LogP contribution >= 0.6 is 0 Å². The monoisotopic (exact) mass is 432 g/mol. The lowest BCUT2D eigenvalue weighted by Crippen LogP contribution is -2.34. The van der Waals surface area contributed by atoms with Crippen LogP contribution in [0, 0.1) is 11.8 Å². The summed E-state index contributed by atoms with van der Waals surface area (Å²) in [4.78, 5) is 30.0. The molecule has 1 fully saturated rings. The molecule has 0 atom stereocenters. The number of fused-ring (bicyclic) bond motifs is 1. The minimum atomic E-state index is -0.134. The van der Waals surface area contributed by atoms with E-state index in [2.05, 4.69) is 22.3 Å². The number of nitrogens with one attached hydrogen (secondary N) is 1. The average molecular weight is 433 g/mol. The van der Waals surface area contributed by atoms with E-state index in [1.807, 2.05) is 36.4 Å². The zero-order valence-electron chi connectivity index (χ0n) is 18.8. The minimum Gasteiger partial charge on any atom is -0.350 e. The molecule has 168 valence electrons. The number of nitrogens with zero attached hydrogens (tertiary/aromatic N) is 3. The Bertz CT molecular complexity index is 1100. The second-order valence-electron chi connectivity index (χ2n) is 8.89. The fraction of sp³-hybridized carbons (Fsp3) is 0.462. The molecule has 0 spiro atoms. The van der Waals surface area contributed by atoms with Crippen molar-refractivity contribution in [2.45, 2.75) is 65.0 Å². The molecule has 1 aliphatic carbocycles. The van der Waals surface area contributed by atoms with Crippen LogP contribution in [-0.4, -0.2) is 20.7 Å². The van der Waals surface area contributed by atoms with Crippen molar-refractivity contribution >= 4 is 16.7 Å². The normalized spacial score (nSPS) is 18.5. The first-order valence-electron chi connectivity index (χ1n) is 11.8. The third-order valence-electron chi connectivity index (χ3n) is 6.61. The first kappa shape index (κ1) is 22.2. The zero-order valence-corrected chi connectivity index (χ0v) is 18.8. The van der Waals surface area contributed by atoms with Crippen molar-refractivity contribution < 1.29 is 4.79 Å². The highest BCUT2D eigenvalue weighted by Gasteiger charge is 2.26. The average Bonchev–Trinajstić information content (AvgIpc) is 2.84. The van der Waals surface area contributed by atoms with Gasteiger partial charge in [-0.05, 0) is 49.3 Å². The van der Waals surface area contributed by atoms with Crippen molar-refractivity contribution in [3.8, 4) is 0 Å². The number of carbonyl (C=O) groups is 1. The number of carbonyl (C=O) groups excluding carboxylic acids is 1. The molecule has 2 aromatic heterocycles. The number of amides is 1. The van der Waals surface area contributed by atoms with Crippen LogP contribution in [-0.2, 0) is 17.9 Å². The molecule has 1 saturated carbocycles. The number of benzene rings is 1. The van der Waals surface area contributed by atoms with Crippen molar-refractivity contribution in [2.24, 2.45) is 11.8 Å². The summed E-state index contributed by atoms with van der Waals surface area (Å²) in [6.07, 6.45) is 11.5. The predicted octanol–water partition coefficient (Wildman–Crippen LogP) is 4.45. The molecule has 4 rings (SSSR count). The van der Waals surface area contributed by atoms with Crippen LogP contribution in [0.2, 0.25) is 0 Å². The number of aromatic nitrogens is 3. The van der Waals surface area contributed by atoms with Crippen LogP contribution in [0.4, 0.5) is 0 Å². The van der Waals surface area contributed by atoms with E-state index in [1.165, 1.54) is 23.9 Å². The van der Waals surface area contributed by atoms with Crippen LogP contribution in [0.1, 0.15) is 63.1 Å². The van der Waals surface area contributed by atoms with Gasteiger partial charge in [0.15, 0.2) is 0 Å². The van der Waals surface area contributed by atoms with E-state index in [1.54, 1.807) is 12.4 Å². The molecule has 6 heteroatoms. The third kappa shape index (κ3) is 5.23. The fourth-order valence-corrected chi connectivity index (χ4v) is 4.73. The van der Waals surface area contributed by atoms with E-state index in [-0.39, 0.29) is 17.4 Å². The van der Waals surface area contributed by atoms with Crippen LogP contribution < -0.4 is 10.9 Å². The summed E-state index contributed by atoms with van der Waals surface area (Å²) >= 11 is 0. The molecular weight excluding hydrogens is 400 g/mol. The molecule has 1 aromatic carbocycles. The first-order chi connectivity index (χ1) is 15.7. The van der Waals surface area contributed by atoms with Gasteiger partial charge < -0.3 is 5.32 Å². The van der Waals surface area contributed by atoms with Gasteiger partial charge in [0.25, 0.3) is 5.56 Å². The molecule has 1 aliphatic rings. The standard InChI is InChI=1S/C26H32N4O2/c1-2-3-7-19-11-13-21(14-12-19)25(31)28-17-24-22-9-4-5-10-23(22)26(32)30(29-24)18-20-8-6-15-27-16-20/h4-6,8-10,15-16,19,21H,2-3,7,11-14,17-18H2,1H3,(H,28,31). The predicted molar refractivity (Wildman–Crippen MR) is 126 cm³/mol. The highest BCUT2D eigenvalue weighted by molar-refractivity contribution is 5.84. The smallest absolute Gasteiger partial charge is 0.274 e. The summed E-state index contributed by atoms with van der Waals surface area (Å²) in [5.74, 6) is 0.968. The van der Waals surface area contributed by atoms with E-state index < -0.39 is 0 Å². The van der Waals surface area contributed by atoms with Gasteiger partial charge in [-0.2, -0.15) is 5.10 Å². The molecule has 0 saturated heterocycles. The third-order valence-corrected chi connectivity index (χ3v) is 6.61. The highest BCUT2D eigenvalue weighted by Crippen LogP contribution is 2.32. The molecule has 32 heavy (non-hydrogen) atoms. The summed E-state index contributed by atoms with van der Waals surface area (Å²) in [5.41, 5.74) is 1.49. The van der Waals surface area contributed by atoms with Crippen LogP contribution in [0.25, 0.3) is 10.8 Å². The molecule has 0 radical (unpaired) electrons. The Morgan fingerprint density at radius 2 is 1.88 bits per heavy atom. The van der Waals surface area contributed by atoms with Gasteiger partial charge >= 0.3 is 0 Å². The molecule has 0 bridgehead atoms. The Balaban J connectivity index is 1.47. The Morgan fingerprint density at radius 3 is 2.59 bits per heavy atom. The van der Waals surface area contributed by atoms with Crippen molar-refractivity contribution in [3.05, 3.63) is 70.4 Å². The Hall–Kier alpha value is -3.02. The van der Waals surface area contributed by atoms with E-state index in [4.69, 9.17) is 0 Å². The zero-order chi connectivity index (χ0) is 22.3.